The van der Waals surface area contributed by atoms with Gasteiger partial charge in [-0.2, -0.15) is 0 Å². The third kappa shape index (κ3) is 3.34. The van der Waals surface area contributed by atoms with E-state index in [-0.39, 0.29) is 4.90 Å². The van der Waals surface area contributed by atoms with Crippen LogP contribution in [0.4, 0.5) is 0 Å². The van der Waals surface area contributed by atoms with Crippen LogP contribution in [0.5, 0.6) is 0 Å². The smallest absolute Gasteiger partial charge is 0.187 e. The summed E-state index contributed by atoms with van der Waals surface area (Å²) in [5.74, 6) is 0. The number of aliphatic hydroxyl groups is 1. The third-order valence-electron chi connectivity index (χ3n) is 3.51. The van der Waals surface area contributed by atoms with Crippen LogP contribution in [-0.4, -0.2) is 20.1 Å². The molecule has 0 saturated heterocycles. The van der Waals surface area contributed by atoms with Crippen LogP contribution in [0.15, 0.2) is 47.4 Å². The molecule has 0 heterocycles. The molecule has 3 nitrogen and oxygen atoms in total. The molecule has 2 aromatic carbocycles. The molecule has 0 amide bonds. The summed E-state index contributed by atoms with van der Waals surface area (Å²) in [6, 6.07) is 12.3. The number of aliphatic hydroxyl groups excluding tert-OH is 1. The Morgan fingerprint density at radius 2 is 1.43 bits per heavy atom. The Morgan fingerprint density at radius 1 is 0.905 bits per heavy atom. The molecule has 1 N–H and O–H groups in total. The molecule has 1 unspecified atom stereocenters. The molecule has 0 aliphatic heterocycles. The molecule has 112 valence electrons. The fraction of sp³-hybridized carbons (Fsp3) is 0.294. The largest absolute Gasteiger partial charge is 0.395 e. The topological polar surface area (TPSA) is 54.4 Å². The summed E-state index contributed by atoms with van der Waals surface area (Å²) in [5, 5.41) is 8.70. The van der Waals surface area contributed by atoms with Crippen molar-refractivity contribution in [1.29, 1.82) is 0 Å². The maximum Gasteiger partial charge on any atom is 0.187 e. The van der Waals surface area contributed by atoms with Gasteiger partial charge < -0.3 is 5.11 Å². The van der Waals surface area contributed by atoms with Crippen molar-refractivity contribution >= 4 is 9.84 Å². The summed E-state index contributed by atoms with van der Waals surface area (Å²) < 4.78 is 25.5. The summed E-state index contributed by atoms with van der Waals surface area (Å²) >= 11 is 0. The minimum atomic E-state index is -3.60. The second-order valence-electron chi connectivity index (χ2n) is 5.45. The van der Waals surface area contributed by atoms with E-state index in [0.29, 0.717) is 5.56 Å². The van der Waals surface area contributed by atoms with Crippen LogP contribution in [0, 0.1) is 20.8 Å². The zero-order valence-corrected chi connectivity index (χ0v) is 13.3. The SMILES string of the molecule is Cc1ccc(S(=O)(=O)C(CO)c2cc(C)cc(C)c2)cc1. The van der Waals surface area contributed by atoms with Gasteiger partial charge in [-0.1, -0.05) is 47.0 Å². The summed E-state index contributed by atoms with van der Waals surface area (Å²) in [4.78, 5) is 0.242. The van der Waals surface area contributed by atoms with Crippen LogP contribution in [-0.2, 0) is 9.84 Å². The van der Waals surface area contributed by atoms with Crippen molar-refractivity contribution < 1.29 is 13.5 Å². The van der Waals surface area contributed by atoms with Gasteiger partial charge in [0.1, 0.15) is 5.25 Å². The molecule has 21 heavy (non-hydrogen) atoms. The lowest BCUT2D eigenvalue weighted by Crippen LogP contribution is -2.17. The monoisotopic (exact) mass is 304 g/mol. The van der Waals surface area contributed by atoms with Crippen LogP contribution in [0.2, 0.25) is 0 Å². The van der Waals surface area contributed by atoms with E-state index in [4.69, 9.17) is 0 Å². The van der Waals surface area contributed by atoms with Crippen LogP contribution in [0.3, 0.4) is 0 Å². The zero-order chi connectivity index (χ0) is 15.6. The van der Waals surface area contributed by atoms with Crippen LogP contribution in [0.25, 0.3) is 0 Å². The molecule has 2 aromatic rings. The molecule has 0 spiro atoms. The molecule has 0 radical (unpaired) electrons. The highest BCUT2D eigenvalue weighted by molar-refractivity contribution is 7.91. The highest BCUT2D eigenvalue weighted by Gasteiger charge is 2.28. The Bertz CT molecular complexity index is 711. The predicted octanol–water partition coefficient (Wildman–Crippen LogP) is 3.12. The molecule has 2 rings (SSSR count). The van der Waals surface area contributed by atoms with Crippen molar-refractivity contribution in [2.45, 2.75) is 30.9 Å². The molecule has 0 fully saturated rings. The van der Waals surface area contributed by atoms with E-state index in [2.05, 4.69) is 0 Å². The Balaban J connectivity index is 2.51. The lowest BCUT2D eigenvalue weighted by Gasteiger charge is -2.17. The molecular formula is C17H20O3S. The maximum atomic E-state index is 12.7. The quantitative estimate of drug-likeness (QED) is 0.944. The van der Waals surface area contributed by atoms with E-state index in [9.17, 15) is 13.5 Å². The molecular weight excluding hydrogens is 284 g/mol. The van der Waals surface area contributed by atoms with Gasteiger partial charge in [-0.3, -0.25) is 0 Å². The van der Waals surface area contributed by atoms with E-state index in [1.807, 2.05) is 39.0 Å². The van der Waals surface area contributed by atoms with Gasteiger partial charge in [-0.05, 0) is 38.5 Å². The Morgan fingerprint density at radius 3 is 1.90 bits per heavy atom. The van der Waals surface area contributed by atoms with E-state index in [0.717, 1.165) is 16.7 Å². The van der Waals surface area contributed by atoms with E-state index in [1.54, 1.807) is 24.3 Å². The first-order valence-electron chi connectivity index (χ1n) is 6.84. The Kier molecular flexibility index (Phi) is 4.49. The lowest BCUT2D eigenvalue weighted by atomic mass is 10.1. The number of hydrogen-bond donors (Lipinski definition) is 1. The fourth-order valence-electron chi connectivity index (χ4n) is 2.47. The van der Waals surface area contributed by atoms with Gasteiger partial charge in [0.2, 0.25) is 0 Å². The van der Waals surface area contributed by atoms with Gasteiger partial charge in [0.05, 0.1) is 11.5 Å². The molecule has 0 bridgehead atoms. The number of rotatable bonds is 4. The van der Waals surface area contributed by atoms with Crippen LogP contribution in [0.1, 0.15) is 27.5 Å². The van der Waals surface area contributed by atoms with Gasteiger partial charge in [0, 0.05) is 0 Å². The lowest BCUT2D eigenvalue weighted by molar-refractivity contribution is 0.291. The normalized spacial score (nSPS) is 13.1. The van der Waals surface area contributed by atoms with Gasteiger partial charge in [-0.15, -0.1) is 0 Å². The van der Waals surface area contributed by atoms with Gasteiger partial charge in [0.15, 0.2) is 9.84 Å². The summed E-state index contributed by atoms with van der Waals surface area (Å²) in [6.07, 6.45) is 0. The first-order valence-corrected chi connectivity index (χ1v) is 8.39. The fourth-order valence-corrected chi connectivity index (χ4v) is 4.01. The van der Waals surface area contributed by atoms with E-state index >= 15 is 0 Å². The van der Waals surface area contributed by atoms with Crippen molar-refractivity contribution in [3.8, 4) is 0 Å². The number of benzene rings is 2. The average molecular weight is 304 g/mol. The second-order valence-corrected chi connectivity index (χ2v) is 7.58. The average Bonchev–Trinajstić information content (AvgIpc) is 2.38. The van der Waals surface area contributed by atoms with Crippen molar-refractivity contribution in [3.05, 3.63) is 64.7 Å². The molecule has 0 aromatic heterocycles. The minimum Gasteiger partial charge on any atom is -0.395 e. The van der Waals surface area contributed by atoms with Gasteiger partial charge >= 0.3 is 0 Å². The summed E-state index contributed by atoms with van der Waals surface area (Å²) in [7, 11) is -3.60. The maximum absolute atomic E-state index is 12.7. The van der Waals surface area contributed by atoms with E-state index < -0.39 is 21.7 Å². The van der Waals surface area contributed by atoms with Crippen molar-refractivity contribution in [2.24, 2.45) is 0 Å². The molecule has 0 aliphatic carbocycles. The number of aryl methyl sites for hydroxylation is 3. The van der Waals surface area contributed by atoms with Crippen molar-refractivity contribution in [1.82, 2.24) is 0 Å². The zero-order valence-electron chi connectivity index (χ0n) is 12.5. The molecule has 0 saturated carbocycles. The predicted molar refractivity (Wildman–Crippen MR) is 84.1 cm³/mol. The summed E-state index contributed by atoms with van der Waals surface area (Å²) in [6.45, 7) is 5.32. The number of sulfone groups is 1. The first kappa shape index (κ1) is 15.7. The van der Waals surface area contributed by atoms with E-state index in [1.165, 1.54) is 0 Å². The Hall–Kier alpha value is -1.65. The molecule has 1 atom stereocenters. The summed E-state index contributed by atoms with van der Waals surface area (Å²) in [5.41, 5.74) is 3.61. The highest BCUT2D eigenvalue weighted by atomic mass is 32.2. The standard InChI is InChI=1S/C17H20O3S/c1-12-4-6-16(7-5-12)21(19,20)17(11-18)15-9-13(2)8-14(3)10-15/h4-10,17-18H,11H2,1-3H3. The third-order valence-corrected chi connectivity index (χ3v) is 5.61. The van der Waals surface area contributed by atoms with Gasteiger partial charge in [-0.25, -0.2) is 8.42 Å². The van der Waals surface area contributed by atoms with Crippen molar-refractivity contribution in [3.63, 3.8) is 0 Å². The second kappa shape index (κ2) is 6.00. The van der Waals surface area contributed by atoms with Crippen LogP contribution >= 0.6 is 0 Å². The van der Waals surface area contributed by atoms with Gasteiger partial charge in [0.25, 0.3) is 0 Å². The molecule has 0 aliphatic rings. The van der Waals surface area contributed by atoms with Crippen molar-refractivity contribution in [2.75, 3.05) is 6.61 Å². The highest BCUT2D eigenvalue weighted by Crippen LogP contribution is 2.30. The minimum absolute atomic E-state index is 0.242. The first-order chi connectivity index (χ1) is 9.84. The van der Waals surface area contributed by atoms with Crippen LogP contribution < -0.4 is 0 Å². The number of hydrogen-bond acceptors (Lipinski definition) is 3. The molecule has 4 heteroatoms. The Labute approximate surface area is 126 Å².